The molecule has 2 atom stereocenters. The number of nitrogens with one attached hydrogen (secondary N) is 1. The number of rotatable bonds is 4. The minimum Gasteiger partial charge on any atom is -0.364 e. The van der Waals surface area contributed by atoms with Crippen LogP contribution in [0.15, 0.2) is 10.6 Å². The Balaban J connectivity index is 1.72. The van der Waals surface area contributed by atoms with Gasteiger partial charge >= 0.3 is 0 Å². The summed E-state index contributed by atoms with van der Waals surface area (Å²) >= 11 is 0. The molecule has 0 radical (unpaired) electrons. The van der Waals surface area contributed by atoms with Gasteiger partial charge in [-0.2, -0.15) is 10.1 Å². The van der Waals surface area contributed by atoms with Crippen LogP contribution in [0.4, 0.5) is 0 Å². The molecular formula is C14H20N6O2. The first kappa shape index (κ1) is 14.7. The van der Waals surface area contributed by atoms with E-state index in [0.717, 1.165) is 31.6 Å². The molecule has 0 saturated carbocycles. The van der Waals surface area contributed by atoms with Crippen LogP contribution in [-0.2, 0) is 0 Å². The van der Waals surface area contributed by atoms with Crippen molar-refractivity contribution < 1.29 is 9.32 Å². The second-order valence-electron chi connectivity index (χ2n) is 5.76. The SMILES string of the molecule is Cc1noc(C(C)N2CCCC(c3cc(C(N)=O)n[nH]3)C2)n1. The minimum atomic E-state index is -0.509. The summed E-state index contributed by atoms with van der Waals surface area (Å²) < 4.78 is 5.27. The highest BCUT2D eigenvalue weighted by atomic mass is 16.5. The van der Waals surface area contributed by atoms with Crippen molar-refractivity contribution in [3.63, 3.8) is 0 Å². The Bertz CT molecular complexity index is 664. The van der Waals surface area contributed by atoms with E-state index in [4.69, 9.17) is 10.3 Å². The van der Waals surface area contributed by atoms with Crippen LogP contribution < -0.4 is 5.73 Å². The molecule has 1 amide bonds. The standard InChI is InChI=1S/C14H20N6O2/c1-8(14-16-9(2)19-22-14)20-5-3-4-10(7-20)11-6-12(13(15)21)18-17-11/h6,8,10H,3-5,7H2,1-2H3,(H2,15,21)(H,17,18). The van der Waals surface area contributed by atoms with Crippen LogP contribution >= 0.6 is 0 Å². The first-order valence-corrected chi connectivity index (χ1v) is 7.44. The van der Waals surface area contributed by atoms with E-state index in [9.17, 15) is 4.79 Å². The molecule has 0 aliphatic carbocycles. The summed E-state index contributed by atoms with van der Waals surface area (Å²) in [5, 5.41) is 10.7. The topological polar surface area (TPSA) is 114 Å². The van der Waals surface area contributed by atoms with Gasteiger partial charge in [0.2, 0.25) is 5.89 Å². The Hall–Kier alpha value is -2.22. The molecule has 0 aromatic carbocycles. The zero-order chi connectivity index (χ0) is 15.7. The zero-order valence-electron chi connectivity index (χ0n) is 12.7. The molecular weight excluding hydrogens is 284 g/mol. The maximum atomic E-state index is 11.2. The summed E-state index contributed by atoms with van der Waals surface area (Å²) in [7, 11) is 0. The third-order valence-corrected chi connectivity index (χ3v) is 4.19. The number of aromatic nitrogens is 4. The molecule has 3 heterocycles. The molecule has 8 nitrogen and oxygen atoms in total. The van der Waals surface area contributed by atoms with Crippen LogP contribution in [0, 0.1) is 6.92 Å². The first-order chi connectivity index (χ1) is 10.5. The van der Waals surface area contributed by atoms with E-state index >= 15 is 0 Å². The van der Waals surface area contributed by atoms with E-state index in [1.165, 1.54) is 0 Å². The van der Waals surface area contributed by atoms with Crippen molar-refractivity contribution in [2.75, 3.05) is 13.1 Å². The lowest BCUT2D eigenvalue weighted by Gasteiger charge is -2.34. The summed E-state index contributed by atoms with van der Waals surface area (Å²) in [5.41, 5.74) is 6.49. The molecule has 118 valence electrons. The van der Waals surface area contributed by atoms with E-state index < -0.39 is 5.91 Å². The molecule has 0 spiro atoms. The molecule has 22 heavy (non-hydrogen) atoms. The number of aryl methyl sites for hydroxylation is 1. The molecule has 2 aromatic heterocycles. The number of nitrogens with zero attached hydrogens (tertiary/aromatic N) is 4. The summed E-state index contributed by atoms with van der Waals surface area (Å²) in [6.45, 7) is 5.71. The van der Waals surface area contributed by atoms with Gasteiger partial charge in [0.15, 0.2) is 5.82 Å². The van der Waals surface area contributed by atoms with Crippen LogP contribution in [0.2, 0.25) is 0 Å². The highest BCUT2D eigenvalue weighted by Crippen LogP contribution is 2.30. The zero-order valence-corrected chi connectivity index (χ0v) is 12.7. The van der Waals surface area contributed by atoms with Crippen molar-refractivity contribution in [3.05, 3.63) is 29.2 Å². The Morgan fingerprint density at radius 2 is 2.41 bits per heavy atom. The summed E-state index contributed by atoms with van der Waals surface area (Å²) in [6.07, 6.45) is 2.11. The van der Waals surface area contributed by atoms with Crippen LogP contribution in [0.3, 0.4) is 0 Å². The lowest BCUT2D eigenvalue weighted by atomic mass is 9.93. The van der Waals surface area contributed by atoms with Gasteiger partial charge in [-0.05, 0) is 39.3 Å². The van der Waals surface area contributed by atoms with Gasteiger partial charge in [0.1, 0.15) is 5.69 Å². The van der Waals surface area contributed by atoms with Crippen molar-refractivity contribution in [2.24, 2.45) is 5.73 Å². The van der Waals surface area contributed by atoms with Crippen molar-refractivity contribution in [2.45, 2.75) is 38.6 Å². The number of piperidine rings is 1. The number of likely N-dealkylation sites (tertiary alicyclic amines) is 1. The summed E-state index contributed by atoms with van der Waals surface area (Å²) in [4.78, 5) is 17.8. The maximum Gasteiger partial charge on any atom is 0.269 e. The number of hydrogen-bond donors (Lipinski definition) is 2. The van der Waals surface area contributed by atoms with Gasteiger partial charge < -0.3 is 10.3 Å². The number of amides is 1. The van der Waals surface area contributed by atoms with Crippen LogP contribution in [0.5, 0.6) is 0 Å². The fraction of sp³-hybridized carbons (Fsp3) is 0.571. The summed E-state index contributed by atoms with van der Waals surface area (Å²) in [5.74, 6) is 1.07. The Morgan fingerprint density at radius 3 is 3.05 bits per heavy atom. The number of carbonyl (C=O) groups excluding carboxylic acids is 1. The molecule has 1 fully saturated rings. The highest BCUT2D eigenvalue weighted by Gasteiger charge is 2.29. The van der Waals surface area contributed by atoms with Gasteiger partial charge in [0.25, 0.3) is 5.91 Å². The molecule has 2 aromatic rings. The molecule has 2 unspecified atom stereocenters. The third kappa shape index (κ3) is 2.87. The second-order valence-corrected chi connectivity index (χ2v) is 5.76. The Kier molecular flexibility index (Phi) is 3.93. The van der Waals surface area contributed by atoms with Crippen LogP contribution in [0.25, 0.3) is 0 Å². The average molecular weight is 304 g/mol. The molecule has 8 heteroatoms. The fourth-order valence-corrected chi connectivity index (χ4v) is 2.92. The van der Waals surface area contributed by atoms with Gasteiger partial charge in [0, 0.05) is 18.2 Å². The molecule has 3 rings (SSSR count). The van der Waals surface area contributed by atoms with Gasteiger partial charge in [-0.1, -0.05) is 5.16 Å². The van der Waals surface area contributed by atoms with Crippen molar-refractivity contribution in [1.29, 1.82) is 0 Å². The van der Waals surface area contributed by atoms with Crippen LogP contribution in [-0.4, -0.2) is 44.2 Å². The monoisotopic (exact) mass is 304 g/mol. The fourth-order valence-electron chi connectivity index (χ4n) is 2.92. The second kappa shape index (κ2) is 5.88. The van der Waals surface area contributed by atoms with Gasteiger partial charge in [0.05, 0.1) is 6.04 Å². The smallest absolute Gasteiger partial charge is 0.269 e. The molecule has 1 saturated heterocycles. The number of hydrogen-bond acceptors (Lipinski definition) is 6. The van der Waals surface area contributed by atoms with Crippen LogP contribution in [0.1, 0.15) is 59.6 Å². The number of nitrogens with two attached hydrogens (primary N) is 1. The lowest BCUT2D eigenvalue weighted by molar-refractivity contribution is 0.0995. The van der Waals surface area contributed by atoms with E-state index in [0.29, 0.717) is 17.6 Å². The van der Waals surface area contributed by atoms with Crippen molar-refractivity contribution in [1.82, 2.24) is 25.2 Å². The minimum absolute atomic E-state index is 0.0718. The number of carbonyl (C=O) groups is 1. The predicted molar refractivity (Wildman–Crippen MR) is 78.1 cm³/mol. The van der Waals surface area contributed by atoms with E-state index in [-0.39, 0.29) is 11.7 Å². The van der Waals surface area contributed by atoms with E-state index in [2.05, 4.69) is 32.2 Å². The maximum absolute atomic E-state index is 11.2. The molecule has 3 N–H and O–H groups in total. The molecule has 1 aliphatic rings. The molecule has 1 aliphatic heterocycles. The van der Waals surface area contributed by atoms with E-state index in [1.807, 2.05) is 6.92 Å². The number of aromatic amines is 1. The van der Waals surface area contributed by atoms with Gasteiger partial charge in [-0.25, -0.2) is 0 Å². The lowest BCUT2D eigenvalue weighted by Crippen LogP contribution is -2.36. The van der Waals surface area contributed by atoms with Crippen molar-refractivity contribution >= 4 is 5.91 Å². The normalized spacial score (nSPS) is 20.9. The highest BCUT2D eigenvalue weighted by molar-refractivity contribution is 5.90. The third-order valence-electron chi connectivity index (χ3n) is 4.19. The Morgan fingerprint density at radius 1 is 1.59 bits per heavy atom. The quantitative estimate of drug-likeness (QED) is 0.875. The number of H-pyrrole nitrogens is 1. The number of primary amides is 1. The predicted octanol–water partition coefficient (Wildman–Crippen LogP) is 1.14. The molecule has 0 bridgehead atoms. The first-order valence-electron chi connectivity index (χ1n) is 7.44. The van der Waals surface area contributed by atoms with E-state index in [1.54, 1.807) is 6.07 Å². The van der Waals surface area contributed by atoms with Crippen molar-refractivity contribution in [3.8, 4) is 0 Å². The van der Waals surface area contributed by atoms with Gasteiger partial charge in [-0.15, -0.1) is 0 Å². The Labute approximate surface area is 128 Å². The summed E-state index contributed by atoms with van der Waals surface area (Å²) in [6, 6.07) is 1.82. The van der Waals surface area contributed by atoms with Gasteiger partial charge in [-0.3, -0.25) is 14.8 Å². The average Bonchev–Trinajstić information content (AvgIpc) is 3.15. The largest absolute Gasteiger partial charge is 0.364 e.